The molecule has 1 aliphatic rings. The van der Waals surface area contributed by atoms with Gasteiger partial charge < -0.3 is 4.74 Å². The maximum absolute atomic E-state index is 12.5. The van der Waals surface area contributed by atoms with Crippen LogP contribution in [0.15, 0.2) is 54.4 Å². The van der Waals surface area contributed by atoms with Crippen LogP contribution in [0.1, 0.15) is 42.1 Å². The zero-order valence-corrected chi connectivity index (χ0v) is 14.4. The van der Waals surface area contributed by atoms with E-state index in [1.54, 1.807) is 6.20 Å². The number of thiocarbonyl (C=S) groups is 1. The molecular weight excluding hydrogens is 318 g/mol. The Kier molecular flexibility index (Phi) is 5.16. The molecule has 0 radical (unpaired) electrons. The molecule has 0 fully saturated rings. The first-order chi connectivity index (χ1) is 11.7. The normalized spacial score (nSPS) is 13.5. The molecule has 1 aromatic carbocycles. The molecule has 0 aliphatic heterocycles. The van der Waals surface area contributed by atoms with E-state index >= 15 is 0 Å². The second kappa shape index (κ2) is 7.49. The number of ether oxygens (including phenoxy) is 1. The molecule has 0 saturated carbocycles. The van der Waals surface area contributed by atoms with E-state index in [1.807, 2.05) is 36.4 Å². The minimum atomic E-state index is -0.0677. The highest BCUT2D eigenvalue weighted by molar-refractivity contribution is 7.81. The van der Waals surface area contributed by atoms with Gasteiger partial charge in [0.2, 0.25) is 0 Å². The molecule has 122 valence electrons. The van der Waals surface area contributed by atoms with Crippen molar-refractivity contribution in [2.45, 2.75) is 26.2 Å². The van der Waals surface area contributed by atoms with E-state index in [2.05, 4.69) is 11.9 Å². The summed E-state index contributed by atoms with van der Waals surface area (Å²) in [7, 11) is 0. The zero-order valence-electron chi connectivity index (χ0n) is 13.6. The molecule has 1 heterocycles. The number of ketones is 1. The van der Waals surface area contributed by atoms with Gasteiger partial charge in [-0.05, 0) is 24.6 Å². The van der Waals surface area contributed by atoms with Gasteiger partial charge in [-0.25, -0.2) is 0 Å². The Morgan fingerprint density at radius 3 is 2.75 bits per heavy atom. The fourth-order valence-electron chi connectivity index (χ4n) is 2.68. The molecule has 1 aliphatic carbocycles. The van der Waals surface area contributed by atoms with E-state index in [0.29, 0.717) is 22.8 Å². The van der Waals surface area contributed by atoms with Gasteiger partial charge >= 0.3 is 0 Å². The van der Waals surface area contributed by atoms with Gasteiger partial charge in [0.05, 0.1) is 17.2 Å². The number of nitrogens with zero attached hydrogens (tertiary/aromatic N) is 1. The number of unbranched alkanes of at least 4 members (excludes halogenated alkanes) is 2. The van der Waals surface area contributed by atoms with Crippen molar-refractivity contribution in [2.24, 2.45) is 0 Å². The summed E-state index contributed by atoms with van der Waals surface area (Å²) in [5.41, 5.74) is 3.13. The third-order valence-electron chi connectivity index (χ3n) is 3.98. The quantitative estimate of drug-likeness (QED) is 0.563. The zero-order chi connectivity index (χ0) is 16.9. The highest BCUT2D eigenvalue weighted by atomic mass is 32.1. The minimum Gasteiger partial charge on any atom is -0.492 e. The minimum absolute atomic E-state index is 0.0677. The lowest BCUT2D eigenvalue weighted by Gasteiger charge is -2.19. The lowest BCUT2D eigenvalue weighted by atomic mass is 9.92. The van der Waals surface area contributed by atoms with E-state index in [9.17, 15) is 4.79 Å². The molecule has 4 heteroatoms. The van der Waals surface area contributed by atoms with Crippen LogP contribution in [0, 0.1) is 0 Å². The van der Waals surface area contributed by atoms with Gasteiger partial charge in [0.1, 0.15) is 5.76 Å². The molecule has 3 rings (SSSR count). The first kappa shape index (κ1) is 16.5. The van der Waals surface area contributed by atoms with Crippen molar-refractivity contribution >= 4 is 22.9 Å². The van der Waals surface area contributed by atoms with Crippen molar-refractivity contribution in [3.8, 4) is 11.3 Å². The molecule has 0 bridgehead atoms. The van der Waals surface area contributed by atoms with Gasteiger partial charge in [-0.2, -0.15) is 0 Å². The number of allylic oxidation sites excluding steroid dienone is 2. The van der Waals surface area contributed by atoms with E-state index in [-0.39, 0.29) is 5.78 Å². The van der Waals surface area contributed by atoms with Crippen LogP contribution in [0.4, 0.5) is 0 Å². The van der Waals surface area contributed by atoms with Gasteiger partial charge in [-0.1, -0.05) is 50.2 Å². The smallest absolute Gasteiger partial charge is 0.190 e. The van der Waals surface area contributed by atoms with Crippen LogP contribution < -0.4 is 0 Å². The number of carbonyl (C=O) groups excluding carboxylic acids is 1. The summed E-state index contributed by atoms with van der Waals surface area (Å²) in [5, 5.41) is 0. The van der Waals surface area contributed by atoms with Crippen molar-refractivity contribution in [1.82, 2.24) is 4.98 Å². The fraction of sp³-hybridized carbons (Fsp3) is 0.250. The molecule has 0 atom stereocenters. The van der Waals surface area contributed by atoms with E-state index in [1.165, 1.54) is 6.08 Å². The molecule has 1 aromatic heterocycles. The van der Waals surface area contributed by atoms with Crippen LogP contribution in [0.3, 0.4) is 0 Å². The second-order valence-electron chi connectivity index (χ2n) is 5.73. The predicted molar refractivity (Wildman–Crippen MR) is 99.3 cm³/mol. The molecule has 24 heavy (non-hydrogen) atoms. The van der Waals surface area contributed by atoms with Crippen molar-refractivity contribution in [1.29, 1.82) is 0 Å². The average molecular weight is 337 g/mol. The molecule has 3 nitrogen and oxygen atoms in total. The standard InChI is InChI=1S/C20H19NO2S/c1-2-3-6-11-23-19-13-18(22)16-12-14(8-9-15(16)20(19)24)17-7-4-5-10-21-17/h4-5,7-10,12-13H,2-3,6,11H2,1H3. The van der Waals surface area contributed by atoms with Crippen molar-refractivity contribution in [3.05, 3.63) is 65.6 Å². The molecule has 0 spiro atoms. The molecular formula is C20H19NO2S. The first-order valence-corrected chi connectivity index (χ1v) is 8.60. The Morgan fingerprint density at radius 2 is 2.00 bits per heavy atom. The number of hydrogen-bond acceptors (Lipinski definition) is 4. The number of carbonyl (C=O) groups is 1. The van der Waals surface area contributed by atoms with Crippen molar-refractivity contribution in [2.75, 3.05) is 6.61 Å². The van der Waals surface area contributed by atoms with Crippen molar-refractivity contribution < 1.29 is 9.53 Å². The summed E-state index contributed by atoms with van der Waals surface area (Å²) in [6, 6.07) is 11.4. The summed E-state index contributed by atoms with van der Waals surface area (Å²) in [4.78, 5) is 17.4. The Balaban J connectivity index is 1.84. The van der Waals surface area contributed by atoms with Gasteiger partial charge in [0.15, 0.2) is 5.78 Å². The second-order valence-corrected chi connectivity index (χ2v) is 6.14. The number of pyridine rings is 1. The molecule has 0 N–H and O–H groups in total. The number of benzene rings is 1. The highest BCUT2D eigenvalue weighted by Gasteiger charge is 2.24. The van der Waals surface area contributed by atoms with Crippen LogP contribution in [0.5, 0.6) is 0 Å². The van der Waals surface area contributed by atoms with E-state index in [4.69, 9.17) is 17.0 Å². The summed E-state index contributed by atoms with van der Waals surface area (Å²) >= 11 is 5.51. The summed E-state index contributed by atoms with van der Waals surface area (Å²) < 4.78 is 5.73. The lowest BCUT2D eigenvalue weighted by molar-refractivity contribution is 0.103. The Labute approximate surface area is 147 Å². The van der Waals surface area contributed by atoms with Crippen LogP contribution in [0.25, 0.3) is 11.3 Å². The number of fused-ring (bicyclic) bond motifs is 1. The number of aromatic nitrogens is 1. The van der Waals surface area contributed by atoms with E-state index in [0.717, 1.165) is 36.1 Å². The van der Waals surface area contributed by atoms with Gasteiger partial charge in [0, 0.05) is 29.0 Å². The highest BCUT2D eigenvalue weighted by Crippen LogP contribution is 2.27. The maximum Gasteiger partial charge on any atom is 0.190 e. The predicted octanol–water partition coefficient (Wildman–Crippen LogP) is 4.75. The number of rotatable bonds is 6. The Morgan fingerprint density at radius 1 is 1.12 bits per heavy atom. The lowest BCUT2D eigenvalue weighted by Crippen LogP contribution is -2.18. The fourth-order valence-corrected chi connectivity index (χ4v) is 2.97. The molecule has 2 aromatic rings. The van der Waals surface area contributed by atoms with Crippen molar-refractivity contribution in [3.63, 3.8) is 0 Å². The van der Waals surface area contributed by atoms with Crippen LogP contribution in [-0.4, -0.2) is 22.2 Å². The molecule has 0 saturated heterocycles. The topological polar surface area (TPSA) is 39.2 Å². The summed E-state index contributed by atoms with van der Waals surface area (Å²) in [6.45, 7) is 2.73. The molecule has 0 amide bonds. The van der Waals surface area contributed by atoms with Crippen LogP contribution >= 0.6 is 12.2 Å². The summed E-state index contributed by atoms with van der Waals surface area (Å²) in [5.74, 6) is 0.450. The Hall–Kier alpha value is -2.33. The molecule has 0 unspecified atom stereocenters. The van der Waals surface area contributed by atoms with E-state index < -0.39 is 0 Å². The maximum atomic E-state index is 12.5. The van der Waals surface area contributed by atoms with Gasteiger partial charge in [-0.15, -0.1) is 0 Å². The monoisotopic (exact) mass is 337 g/mol. The van der Waals surface area contributed by atoms with Crippen LogP contribution in [0.2, 0.25) is 0 Å². The van der Waals surface area contributed by atoms with Crippen LogP contribution in [-0.2, 0) is 4.74 Å². The Bertz CT molecular complexity index is 797. The SMILES string of the molecule is CCCCCOC1=CC(=O)c2cc(-c3ccccn3)ccc2C1=S. The number of hydrogen-bond donors (Lipinski definition) is 0. The third kappa shape index (κ3) is 3.44. The average Bonchev–Trinajstić information content (AvgIpc) is 2.63. The summed E-state index contributed by atoms with van der Waals surface area (Å²) in [6.07, 6.45) is 6.46. The third-order valence-corrected chi connectivity index (χ3v) is 4.40. The largest absolute Gasteiger partial charge is 0.492 e. The van der Waals surface area contributed by atoms with Gasteiger partial charge in [0.25, 0.3) is 0 Å². The van der Waals surface area contributed by atoms with Gasteiger partial charge in [-0.3, -0.25) is 9.78 Å². The first-order valence-electron chi connectivity index (χ1n) is 8.19.